The van der Waals surface area contributed by atoms with Crippen molar-refractivity contribution in [1.29, 1.82) is 0 Å². The summed E-state index contributed by atoms with van der Waals surface area (Å²) in [7, 11) is 4.58. The number of aromatic hydroxyl groups is 1. The monoisotopic (exact) mass is 329 g/mol. The van der Waals surface area contributed by atoms with Crippen LogP contribution >= 0.6 is 0 Å². The van der Waals surface area contributed by atoms with Gasteiger partial charge in [0.2, 0.25) is 0 Å². The molecule has 0 saturated heterocycles. The Morgan fingerprint density at radius 2 is 1.67 bits per heavy atom. The van der Waals surface area contributed by atoms with E-state index < -0.39 is 6.04 Å². The molecule has 0 unspecified atom stereocenters. The Kier molecular flexibility index (Phi) is 3.97. The molecule has 1 atom stereocenters. The first kappa shape index (κ1) is 16.0. The number of benzene rings is 2. The molecule has 0 bridgehead atoms. The minimum absolute atomic E-state index is 0.0330. The highest BCUT2D eigenvalue weighted by Crippen LogP contribution is 2.44. The molecule has 0 aromatic heterocycles. The number of hydrogen-bond acceptors (Lipinski definition) is 5. The maximum Gasteiger partial charge on any atom is 0.256 e. The van der Waals surface area contributed by atoms with Gasteiger partial charge in [0.15, 0.2) is 11.5 Å². The quantitative estimate of drug-likeness (QED) is 0.901. The van der Waals surface area contributed by atoms with Crippen LogP contribution in [-0.2, 0) is 0 Å². The first-order chi connectivity index (χ1) is 11.5. The van der Waals surface area contributed by atoms with Crippen LogP contribution in [0.25, 0.3) is 0 Å². The van der Waals surface area contributed by atoms with Crippen LogP contribution in [0, 0.1) is 6.92 Å². The Bertz CT molecular complexity index is 816. The number of ether oxygens (including phenoxy) is 3. The first-order valence-corrected chi connectivity index (χ1v) is 7.44. The van der Waals surface area contributed by atoms with Gasteiger partial charge in [0, 0.05) is 11.6 Å². The lowest BCUT2D eigenvalue weighted by molar-refractivity contribution is 0.0957. The fraction of sp³-hybridized carbons (Fsp3) is 0.278. The standard InChI is InChI=1S/C18H19NO5/c1-9-5-12(17(24-4)14(6-9)23-3)16-11-7-10(20)8-13(22-2)15(11)18(21)19-16/h5-8,16,20H,1-4H3,(H,19,21)/t16-/m1/s1. The van der Waals surface area contributed by atoms with Gasteiger partial charge in [0.1, 0.15) is 11.5 Å². The Balaban J connectivity index is 2.23. The van der Waals surface area contributed by atoms with Gasteiger partial charge in [-0.1, -0.05) is 0 Å². The van der Waals surface area contributed by atoms with E-state index >= 15 is 0 Å². The minimum atomic E-state index is -0.461. The average Bonchev–Trinajstić information content (AvgIpc) is 2.89. The summed E-state index contributed by atoms with van der Waals surface area (Å²) in [4.78, 5) is 12.4. The van der Waals surface area contributed by atoms with Crippen molar-refractivity contribution in [1.82, 2.24) is 5.32 Å². The van der Waals surface area contributed by atoms with E-state index in [1.54, 1.807) is 20.3 Å². The zero-order chi connectivity index (χ0) is 17.4. The number of rotatable bonds is 4. The van der Waals surface area contributed by atoms with Crippen LogP contribution in [0.5, 0.6) is 23.0 Å². The number of phenolic OH excluding ortho intramolecular Hbond substituents is 1. The van der Waals surface area contributed by atoms with Gasteiger partial charge in [-0.2, -0.15) is 0 Å². The van der Waals surface area contributed by atoms with Crippen molar-refractivity contribution in [2.75, 3.05) is 21.3 Å². The summed E-state index contributed by atoms with van der Waals surface area (Å²) in [5.41, 5.74) is 2.79. The van der Waals surface area contributed by atoms with Gasteiger partial charge in [0.05, 0.1) is 32.9 Å². The van der Waals surface area contributed by atoms with Crippen LogP contribution in [-0.4, -0.2) is 32.3 Å². The number of methoxy groups -OCH3 is 3. The minimum Gasteiger partial charge on any atom is -0.508 e. The lowest BCUT2D eigenvalue weighted by atomic mass is 9.95. The van der Waals surface area contributed by atoms with Crippen LogP contribution in [0.2, 0.25) is 0 Å². The van der Waals surface area contributed by atoms with Crippen LogP contribution in [0.3, 0.4) is 0 Å². The molecule has 2 aromatic carbocycles. The maximum absolute atomic E-state index is 12.4. The highest BCUT2D eigenvalue weighted by atomic mass is 16.5. The Hall–Kier alpha value is -2.89. The van der Waals surface area contributed by atoms with Crippen molar-refractivity contribution in [3.8, 4) is 23.0 Å². The van der Waals surface area contributed by atoms with Gasteiger partial charge < -0.3 is 24.6 Å². The molecule has 0 radical (unpaired) electrons. The third-order valence-electron chi connectivity index (χ3n) is 4.11. The second-order valence-corrected chi connectivity index (χ2v) is 5.61. The lowest BCUT2D eigenvalue weighted by Gasteiger charge is -2.19. The smallest absolute Gasteiger partial charge is 0.256 e. The van der Waals surface area contributed by atoms with Crippen LogP contribution in [0.15, 0.2) is 24.3 Å². The fourth-order valence-corrected chi connectivity index (χ4v) is 3.13. The molecule has 1 aliphatic rings. The predicted molar refractivity (Wildman–Crippen MR) is 88.3 cm³/mol. The zero-order valence-corrected chi connectivity index (χ0v) is 14.0. The number of amides is 1. The predicted octanol–water partition coefficient (Wildman–Crippen LogP) is 2.56. The molecule has 6 heteroatoms. The van der Waals surface area contributed by atoms with Gasteiger partial charge in [-0.3, -0.25) is 4.79 Å². The van der Waals surface area contributed by atoms with Gasteiger partial charge in [-0.05, 0) is 36.2 Å². The Morgan fingerprint density at radius 1 is 0.958 bits per heavy atom. The molecule has 24 heavy (non-hydrogen) atoms. The van der Waals surface area contributed by atoms with Gasteiger partial charge in [-0.25, -0.2) is 0 Å². The molecule has 2 aromatic rings. The molecular formula is C18H19NO5. The van der Waals surface area contributed by atoms with E-state index in [2.05, 4.69) is 5.32 Å². The molecule has 126 valence electrons. The number of phenols is 1. The second kappa shape index (κ2) is 5.96. The average molecular weight is 329 g/mol. The molecule has 1 aliphatic heterocycles. The second-order valence-electron chi connectivity index (χ2n) is 5.61. The summed E-state index contributed by atoms with van der Waals surface area (Å²) in [6, 6.07) is 6.32. The number of nitrogens with one attached hydrogen (secondary N) is 1. The van der Waals surface area contributed by atoms with E-state index in [1.807, 2.05) is 19.1 Å². The van der Waals surface area contributed by atoms with E-state index in [0.717, 1.165) is 11.1 Å². The number of hydrogen-bond donors (Lipinski definition) is 2. The van der Waals surface area contributed by atoms with Crippen molar-refractivity contribution in [3.63, 3.8) is 0 Å². The molecule has 1 heterocycles. The van der Waals surface area contributed by atoms with Crippen molar-refractivity contribution < 1.29 is 24.1 Å². The van der Waals surface area contributed by atoms with E-state index in [9.17, 15) is 9.90 Å². The summed E-state index contributed by atoms with van der Waals surface area (Å²) in [6.07, 6.45) is 0. The molecule has 0 spiro atoms. The van der Waals surface area contributed by atoms with Crippen molar-refractivity contribution in [2.45, 2.75) is 13.0 Å². The zero-order valence-electron chi connectivity index (χ0n) is 14.0. The Morgan fingerprint density at radius 3 is 2.29 bits per heavy atom. The van der Waals surface area contributed by atoms with E-state index in [1.165, 1.54) is 13.2 Å². The Labute approximate surface area is 140 Å². The van der Waals surface area contributed by atoms with Gasteiger partial charge in [0.25, 0.3) is 5.91 Å². The fourth-order valence-electron chi connectivity index (χ4n) is 3.13. The summed E-state index contributed by atoms with van der Waals surface area (Å²) < 4.78 is 16.1. The highest BCUT2D eigenvalue weighted by Gasteiger charge is 2.35. The molecular weight excluding hydrogens is 310 g/mol. The SMILES string of the molecule is COc1cc(C)cc([C@@H]2NC(=O)c3c(OC)cc(O)cc32)c1OC. The molecule has 0 saturated carbocycles. The largest absolute Gasteiger partial charge is 0.508 e. The van der Waals surface area contributed by atoms with Crippen LogP contribution < -0.4 is 19.5 Å². The summed E-state index contributed by atoms with van der Waals surface area (Å²) in [5.74, 6) is 1.24. The van der Waals surface area contributed by atoms with E-state index in [0.29, 0.717) is 28.4 Å². The molecule has 6 nitrogen and oxygen atoms in total. The molecule has 0 aliphatic carbocycles. The third kappa shape index (κ3) is 2.40. The number of carbonyl (C=O) groups excluding carboxylic acids is 1. The molecule has 2 N–H and O–H groups in total. The molecule has 0 fully saturated rings. The number of carbonyl (C=O) groups is 1. The van der Waals surface area contributed by atoms with Crippen molar-refractivity contribution >= 4 is 5.91 Å². The lowest BCUT2D eigenvalue weighted by Crippen LogP contribution is -2.20. The number of fused-ring (bicyclic) bond motifs is 1. The van der Waals surface area contributed by atoms with Crippen LogP contribution in [0.1, 0.15) is 33.1 Å². The number of aryl methyl sites for hydroxylation is 1. The third-order valence-corrected chi connectivity index (χ3v) is 4.11. The van der Waals surface area contributed by atoms with Crippen molar-refractivity contribution in [3.05, 3.63) is 46.5 Å². The van der Waals surface area contributed by atoms with E-state index in [-0.39, 0.29) is 11.7 Å². The van der Waals surface area contributed by atoms with E-state index in [4.69, 9.17) is 14.2 Å². The molecule has 1 amide bonds. The normalized spacial score (nSPS) is 15.7. The first-order valence-electron chi connectivity index (χ1n) is 7.44. The van der Waals surface area contributed by atoms with Crippen LogP contribution in [0.4, 0.5) is 0 Å². The maximum atomic E-state index is 12.4. The highest BCUT2D eigenvalue weighted by molar-refractivity contribution is 6.02. The van der Waals surface area contributed by atoms with Gasteiger partial charge in [-0.15, -0.1) is 0 Å². The van der Waals surface area contributed by atoms with Crippen molar-refractivity contribution in [2.24, 2.45) is 0 Å². The summed E-state index contributed by atoms with van der Waals surface area (Å²) >= 11 is 0. The topological polar surface area (TPSA) is 77.0 Å². The summed E-state index contributed by atoms with van der Waals surface area (Å²) in [6.45, 7) is 1.94. The molecule has 3 rings (SSSR count). The van der Waals surface area contributed by atoms with Gasteiger partial charge >= 0.3 is 0 Å². The summed E-state index contributed by atoms with van der Waals surface area (Å²) in [5, 5.41) is 12.9.